The van der Waals surface area contributed by atoms with Crippen molar-refractivity contribution < 1.29 is 4.79 Å². The number of hydrogen-bond acceptors (Lipinski definition) is 1. The Hall–Kier alpha value is -0.790. The van der Waals surface area contributed by atoms with E-state index in [9.17, 15) is 4.79 Å². The van der Waals surface area contributed by atoms with Gasteiger partial charge < -0.3 is 5.32 Å². The highest BCUT2D eigenvalue weighted by Gasteiger charge is 2.17. The van der Waals surface area contributed by atoms with E-state index in [1.807, 2.05) is 0 Å². The molecule has 86 valence electrons. The summed E-state index contributed by atoms with van der Waals surface area (Å²) in [6.45, 7) is 5.28. The number of nitrogens with one attached hydrogen (secondary N) is 1. The molecule has 1 N–H and O–H groups in total. The van der Waals surface area contributed by atoms with Gasteiger partial charge in [-0.05, 0) is 38.0 Å². The highest BCUT2D eigenvalue weighted by molar-refractivity contribution is 5.78. The zero-order valence-corrected chi connectivity index (χ0v) is 9.96. The van der Waals surface area contributed by atoms with Crippen LogP contribution in [0.5, 0.6) is 0 Å². The minimum absolute atomic E-state index is 0.231. The number of rotatable bonds is 5. The monoisotopic (exact) mass is 209 g/mol. The van der Waals surface area contributed by atoms with Crippen LogP contribution in [0.25, 0.3) is 0 Å². The van der Waals surface area contributed by atoms with Gasteiger partial charge in [0.15, 0.2) is 0 Å². The third-order valence-electron chi connectivity index (χ3n) is 2.90. The van der Waals surface area contributed by atoms with Crippen LogP contribution in [0.1, 0.15) is 46.0 Å². The molecule has 2 nitrogen and oxygen atoms in total. The summed E-state index contributed by atoms with van der Waals surface area (Å²) >= 11 is 0. The van der Waals surface area contributed by atoms with Gasteiger partial charge in [0.05, 0.1) is 0 Å². The Kier molecular flexibility index (Phi) is 5.44. The first kappa shape index (κ1) is 12.3. The quantitative estimate of drug-likeness (QED) is 0.547. The third-order valence-corrected chi connectivity index (χ3v) is 2.90. The summed E-state index contributed by atoms with van der Waals surface area (Å²) in [4.78, 5) is 11.7. The lowest BCUT2D eigenvalue weighted by Gasteiger charge is -2.17. The second kappa shape index (κ2) is 6.65. The molecule has 1 aliphatic carbocycles. The van der Waals surface area contributed by atoms with Gasteiger partial charge in [0.2, 0.25) is 5.91 Å². The topological polar surface area (TPSA) is 29.1 Å². The Bertz CT molecular complexity index is 221. The Balaban J connectivity index is 2.10. The predicted octanol–water partition coefficient (Wildman–Crippen LogP) is 2.90. The Labute approximate surface area is 93.1 Å². The minimum Gasteiger partial charge on any atom is -0.356 e. The molecule has 15 heavy (non-hydrogen) atoms. The van der Waals surface area contributed by atoms with Crippen LogP contribution in [0.4, 0.5) is 0 Å². The van der Waals surface area contributed by atoms with Crippen molar-refractivity contribution in [3.8, 4) is 0 Å². The van der Waals surface area contributed by atoms with Gasteiger partial charge in [-0.1, -0.05) is 26.0 Å². The first-order valence-corrected chi connectivity index (χ1v) is 6.13. The van der Waals surface area contributed by atoms with Gasteiger partial charge in [-0.25, -0.2) is 0 Å². The molecule has 0 aromatic rings. The zero-order valence-electron chi connectivity index (χ0n) is 9.96. The average Bonchev–Trinajstić information content (AvgIpc) is 2.25. The standard InChI is InChI=1S/C13H23NO/c1-11(2)7-6-10-14-13(15)12-8-4-3-5-9-12/h3-4,11-12H,5-10H2,1-2H3,(H,14,15)/t12-/m0/s1. The van der Waals surface area contributed by atoms with E-state index >= 15 is 0 Å². The Morgan fingerprint density at radius 3 is 2.87 bits per heavy atom. The van der Waals surface area contributed by atoms with Crippen molar-refractivity contribution >= 4 is 5.91 Å². The van der Waals surface area contributed by atoms with Crippen molar-refractivity contribution in [2.75, 3.05) is 6.54 Å². The number of carbonyl (C=O) groups is 1. The molecule has 0 heterocycles. The summed E-state index contributed by atoms with van der Waals surface area (Å²) in [6, 6.07) is 0. The Morgan fingerprint density at radius 1 is 1.47 bits per heavy atom. The second-order valence-corrected chi connectivity index (χ2v) is 4.81. The predicted molar refractivity (Wildman–Crippen MR) is 63.6 cm³/mol. The highest BCUT2D eigenvalue weighted by atomic mass is 16.1. The molecular formula is C13H23NO. The van der Waals surface area contributed by atoms with E-state index in [2.05, 4.69) is 31.3 Å². The maximum absolute atomic E-state index is 11.7. The van der Waals surface area contributed by atoms with Crippen LogP contribution in [-0.2, 0) is 4.79 Å². The third kappa shape index (κ3) is 5.01. The van der Waals surface area contributed by atoms with Crippen LogP contribution in [-0.4, -0.2) is 12.5 Å². The van der Waals surface area contributed by atoms with E-state index in [0.717, 1.165) is 38.1 Å². The van der Waals surface area contributed by atoms with Crippen molar-refractivity contribution in [1.29, 1.82) is 0 Å². The molecule has 0 radical (unpaired) electrons. The van der Waals surface area contributed by atoms with Crippen LogP contribution in [0.2, 0.25) is 0 Å². The number of amides is 1. The SMILES string of the molecule is CC(C)CCCNC(=O)[C@H]1CC=CCC1. The van der Waals surface area contributed by atoms with E-state index in [-0.39, 0.29) is 11.8 Å². The van der Waals surface area contributed by atoms with Gasteiger partial charge in [-0.2, -0.15) is 0 Å². The summed E-state index contributed by atoms with van der Waals surface area (Å²) in [7, 11) is 0. The van der Waals surface area contributed by atoms with Crippen molar-refractivity contribution in [1.82, 2.24) is 5.32 Å². The normalized spacial score (nSPS) is 20.6. The fourth-order valence-corrected chi connectivity index (χ4v) is 1.90. The zero-order chi connectivity index (χ0) is 11.1. The summed E-state index contributed by atoms with van der Waals surface area (Å²) in [5.74, 6) is 1.22. The molecule has 1 aliphatic rings. The first-order chi connectivity index (χ1) is 7.20. The fraction of sp³-hybridized carbons (Fsp3) is 0.769. The van der Waals surface area contributed by atoms with E-state index in [0.29, 0.717) is 0 Å². The lowest BCUT2D eigenvalue weighted by molar-refractivity contribution is -0.125. The van der Waals surface area contributed by atoms with Crippen LogP contribution in [0.15, 0.2) is 12.2 Å². The van der Waals surface area contributed by atoms with Crippen molar-refractivity contribution in [3.63, 3.8) is 0 Å². The molecule has 0 unspecified atom stereocenters. The Morgan fingerprint density at radius 2 is 2.27 bits per heavy atom. The molecule has 0 saturated carbocycles. The molecule has 0 aromatic carbocycles. The molecule has 2 heteroatoms. The van der Waals surface area contributed by atoms with Crippen LogP contribution >= 0.6 is 0 Å². The molecule has 1 amide bonds. The van der Waals surface area contributed by atoms with Crippen molar-refractivity contribution in [3.05, 3.63) is 12.2 Å². The molecule has 1 atom stereocenters. The smallest absolute Gasteiger partial charge is 0.223 e. The number of hydrogen-bond donors (Lipinski definition) is 1. The largest absolute Gasteiger partial charge is 0.356 e. The lowest BCUT2D eigenvalue weighted by atomic mass is 9.93. The molecule has 0 bridgehead atoms. The maximum atomic E-state index is 11.7. The second-order valence-electron chi connectivity index (χ2n) is 4.81. The summed E-state index contributed by atoms with van der Waals surface area (Å²) in [5.41, 5.74) is 0. The molecular weight excluding hydrogens is 186 g/mol. The van der Waals surface area contributed by atoms with E-state index in [4.69, 9.17) is 0 Å². The molecule has 0 spiro atoms. The van der Waals surface area contributed by atoms with E-state index in [1.165, 1.54) is 6.42 Å². The van der Waals surface area contributed by atoms with Gasteiger partial charge in [0.25, 0.3) is 0 Å². The first-order valence-electron chi connectivity index (χ1n) is 6.13. The number of carbonyl (C=O) groups excluding carboxylic acids is 1. The molecule has 0 fully saturated rings. The minimum atomic E-state index is 0.231. The summed E-state index contributed by atoms with van der Waals surface area (Å²) in [5, 5.41) is 3.03. The molecule has 0 aromatic heterocycles. The van der Waals surface area contributed by atoms with Crippen LogP contribution in [0, 0.1) is 11.8 Å². The van der Waals surface area contributed by atoms with E-state index < -0.39 is 0 Å². The van der Waals surface area contributed by atoms with Crippen molar-refractivity contribution in [2.45, 2.75) is 46.0 Å². The number of allylic oxidation sites excluding steroid dienone is 2. The van der Waals surface area contributed by atoms with Crippen LogP contribution < -0.4 is 5.32 Å². The fourth-order valence-electron chi connectivity index (χ4n) is 1.90. The van der Waals surface area contributed by atoms with Crippen molar-refractivity contribution in [2.24, 2.45) is 11.8 Å². The molecule has 0 aliphatic heterocycles. The average molecular weight is 209 g/mol. The van der Waals surface area contributed by atoms with Crippen LogP contribution in [0.3, 0.4) is 0 Å². The summed E-state index contributed by atoms with van der Waals surface area (Å²) < 4.78 is 0. The lowest BCUT2D eigenvalue weighted by Crippen LogP contribution is -2.32. The maximum Gasteiger partial charge on any atom is 0.223 e. The highest BCUT2D eigenvalue weighted by Crippen LogP contribution is 2.17. The van der Waals surface area contributed by atoms with Gasteiger partial charge in [0, 0.05) is 12.5 Å². The molecule has 0 saturated heterocycles. The van der Waals surface area contributed by atoms with Gasteiger partial charge >= 0.3 is 0 Å². The van der Waals surface area contributed by atoms with Gasteiger partial charge in [-0.3, -0.25) is 4.79 Å². The summed E-state index contributed by atoms with van der Waals surface area (Å²) in [6.07, 6.45) is 9.60. The van der Waals surface area contributed by atoms with Gasteiger partial charge in [-0.15, -0.1) is 0 Å². The van der Waals surface area contributed by atoms with E-state index in [1.54, 1.807) is 0 Å². The molecule has 1 rings (SSSR count). The van der Waals surface area contributed by atoms with Gasteiger partial charge in [0.1, 0.15) is 0 Å².